The molecule has 0 aliphatic heterocycles. The third-order valence-corrected chi connectivity index (χ3v) is 5.45. The molecule has 3 aromatic rings. The molecule has 0 spiro atoms. The molecular formula is C24H25F3N4O. The Hall–Kier alpha value is -3.31. The molecule has 0 radical (unpaired) electrons. The zero-order chi connectivity index (χ0) is 23.5. The second-order valence-electron chi connectivity index (χ2n) is 8.19. The monoisotopic (exact) mass is 442 g/mol. The normalized spacial score (nSPS) is 13.9. The number of nitrogens with zero attached hydrogens (tertiary/aromatic N) is 2. The number of carbonyl (C=O) groups excluding carboxylic acids is 1. The molecule has 0 saturated heterocycles. The maximum absolute atomic E-state index is 14.2. The van der Waals surface area contributed by atoms with Crippen molar-refractivity contribution in [3.05, 3.63) is 60.3 Å². The summed E-state index contributed by atoms with van der Waals surface area (Å²) in [5, 5.41) is 10.2. The molecule has 8 heteroatoms. The summed E-state index contributed by atoms with van der Waals surface area (Å²) in [6.45, 7) is 3.01. The van der Waals surface area contributed by atoms with E-state index in [0.29, 0.717) is 0 Å². The number of halogens is 3. The van der Waals surface area contributed by atoms with Gasteiger partial charge in [0, 0.05) is 17.1 Å². The fraction of sp³-hybridized carbons (Fsp3) is 0.333. The molecular weight excluding hydrogens is 417 g/mol. The topological polar surface area (TPSA) is 85.9 Å². The van der Waals surface area contributed by atoms with Crippen LogP contribution in [0.3, 0.4) is 0 Å². The summed E-state index contributed by atoms with van der Waals surface area (Å²) in [7, 11) is 0. The van der Waals surface area contributed by atoms with Gasteiger partial charge < -0.3 is 10.7 Å². The lowest BCUT2D eigenvalue weighted by atomic mass is 9.95. The van der Waals surface area contributed by atoms with Crippen molar-refractivity contribution < 1.29 is 18.0 Å². The number of aromatic amines is 1. The van der Waals surface area contributed by atoms with E-state index in [0.717, 1.165) is 26.9 Å². The molecule has 0 bridgehead atoms. The standard InChI is InChI=1S/C24H25F3N4O/c1-15(2)14-21(23(29)32)31(13-11-28)22(24(25,26)27)17-8-6-16(7-9-17)18-4-3-5-20-19(18)10-12-30-20/h3-10,12,15,21-22,30H,13-14H2,1-2H3,(H2,29,32)/t21-,22-/m0/s1. The lowest BCUT2D eigenvalue weighted by molar-refractivity contribution is -0.192. The summed E-state index contributed by atoms with van der Waals surface area (Å²) in [4.78, 5) is 16.0. The van der Waals surface area contributed by atoms with Gasteiger partial charge in [-0.2, -0.15) is 18.4 Å². The number of hydrogen-bond donors (Lipinski definition) is 2. The van der Waals surface area contributed by atoms with Crippen LogP contribution in [0.2, 0.25) is 0 Å². The van der Waals surface area contributed by atoms with E-state index < -0.39 is 30.7 Å². The van der Waals surface area contributed by atoms with E-state index in [1.165, 1.54) is 12.1 Å². The van der Waals surface area contributed by atoms with Crippen LogP contribution in [0, 0.1) is 17.2 Å². The molecule has 0 aliphatic carbocycles. The highest BCUT2D eigenvalue weighted by molar-refractivity contribution is 5.95. The molecule has 5 nitrogen and oxygen atoms in total. The Morgan fingerprint density at radius 3 is 2.41 bits per heavy atom. The van der Waals surface area contributed by atoms with Gasteiger partial charge in [-0.15, -0.1) is 0 Å². The maximum Gasteiger partial charge on any atom is 0.408 e. The number of aromatic nitrogens is 1. The van der Waals surface area contributed by atoms with Crippen molar-refractivity contribution in [3.8, 4) is 17.2 Å². The van der Waals surface area contributed by atoms with Gasteiger partial charge in [-0.25, -0.2) is 0 Å². The van der Waals surface area contributed by atoms with Crippen LogP contribution < -0.4 is 5.73 Å². The van der Waals surface area contributed by atoms with Gasteiger partial charge >= 0.3 is 6.18 Å². The highest BCUT2D eigenvalue weighted by atomic mass is 19.4. The summed E-state index contributed by atoms with van der Waals surface area (Å²) in [5.41, 5.74) is 7.99. The molecule has 1 aromatic heterocycles. The molecule has 3 N–H and O–H groups in total. The van der Waals surface area contributed by atoms with Crippen LogP contribution in [0.25, 0.3) is 22.0 Å². The van der Waals surface area contributed by atoms with E-state index in [2.05, 4.69) is 4.98 Å². The quantitative estimate of drug-likeness (QED) is 0.472. The van der Waals surface area contributed by atoms with Crippen LogP contribution in [0.4, 0.5) is 13.2 Å². The lowest BCUT2D eigenvalue weighted by Gasteiger charge is -2.37. The summed E-state index contributed by atoms with van der Waals surface area (Å²) in [6, 6.07) is 12.1. The van der Waals surface area contributed by atoms with E-state index in [1.54, 1.807) is 38.2 Å². The smallest absolute Gasteiger partial charge is 0.368 e. The van der Waals surface area contributed by atoms with Crippen molar-refractivity contribution in [3.63, 3.8) is 0 Å². The highest BCUT2D eigenvalue weighted by Gasteiger charge is 2.47. The van der Waals surface area contributed by atoms with E-state index in [1.807, 2.05) is 24.3 Å². The molecule has 32 heavy (non-hydrogen) atoms. The summed E-state index contributed by atoms with van der Waals surface area (Å²) in [6.07, 6.45) is -2.78. The average molecular weight is 442 g/mol. The van der Waals surface area contributed by atoms with Gasteiger partial charge in [0.2, 0.25) is 5.91 Å². The predicted molar refractivity (Wildman–Crippen MR) is 117 cm³/mol. The molecule has 3 rings (SSSR count). The Morgan fingerprint density at radius 1 is 1.16 bits per heavy atom. The van der Waals surface area contributed by atoms with Gasteiger partial charge in [-0.1, -0.05) is 50.2 Å². The number of amides is 1. The van der Waals surface area contributed by atoms with Crippen LogP contribution in [0.15, 0.2) is 54.7 Å². The zero-order valence-electron chi connectivity index (χ0n) is 17.9. The SMILES string of the molecule is CC(C)C[C@@H](C(N)=O)N(CC#N)[C@@H](c1ccc(-c2cccc3[nH]ccc23)cc1)C(F)(F)F. The zero-order valence-corrected chi connectivity index (χ0v) is 17.9. The Balaban J connectivity index is 2.04. The summed E-state index contributed by atoms with van der Waals surface area (Å²) in [5.74, 6) is -0.953. The second-order valence-corrected chi connectivity index (χ2v) is 8.19. The number of H-pyrrole nitrogens is 1. The van der Waals surface area contributed by atoms with Gasteiger partial charge in [0.1, 0.15) is 6.04 Å². The summed E-state index contributed by atoms with van der Waals surface area (Å²) >= 11 is 0. The van der Waals surface area contributed by atoms with E-state index in [-0.39, 0.29) is 17.9 Å². The van der Waals surface area contributed by atoms with Gasteiger partial charge in [-0.05, 0) is 41.2 Å². The van der Waals surface area contributed by atoms with E-state index in [4.69, 9.17) is 5.73 Å². The maximum atomic E-state index is 14.2. The fourth-order valence-corrected chi connectivity index (χ4v) is 4.08. The van der Waals surface area contributed by atoms with Gasteiger partial charge in [0.05, 0.1) is 18.7 Å². The minimum absolute atomic E-state index is 0.0484. The van der Waals surface area contributed by atoms with Gasteiger partial charge in [0.15, 0.2) is 0 Å². The molecule has 1 amide bonds. The predicted octanol–water partition coefficient (Wildman–Crippen LogP) is 5.16. The van der Waals surface area contributed by atoms with Crippen LogP contribution in [-0.2, 0) is 4.79 Å². The van der Waals surface area contributed by atoms with Crippen molar-refractivity contribution >= 4 is 16.8 Å². The van der Waals surface area contributed by atoms with Crippen molar-refractivity contribution in [2.45, 2.75) is 38.5 Å². The minimum atomic E-state index is -4.70. The number of nitrogens with one attached hydrogen (secondary N) is 1. The van der Waals surface area contributed by atoms with E-state index >= 15 is 0 Å². The molecule has 0 fully saturated rings. The van der Waals surface area contributed by atoms with Crippen molar-refractivity contribution in [2.24, 2.45) is 11.7 Å². The fourth-order valence-electron chi connectivity index (χ4n) is 4.08. The van der Waals surface area contributed by atoms with Crippen LogP contribution in [-0.4, -0.2) is 34.6 Å². The number of alkyl halides is 3. The number of rotatable bonds is 8. The molecule has 2 atom stereocenters. The minimum Gasteiger partial charge on any atom is -0.368 e. The molecule has 0 aliphatic rings. The largest absolute Gasteiger partial charge is 0.408 e. The van der Waals surface area contributed by atoms with E-state index in [9.17, 15) is 23.2 Å². The number of nitriles is 1. The van der Waals surface area contributed by atoms with Gasteiger partial charge in [0.25, 0.3) is 0 Å². The Morgan fingerprint density at radius 2 is 1.84 bits per heavy atom. The van der Waals surface area contributed by atoms with Crippen LogP contribution in [0.5, 0.6) is 0 Å². The molecule has 2 aromatic carbocycles. The average Bonchev–Trinajstić information content (AvgIpc) is 3.20. The number of hydrogen-bond acceptors (Lipinski definition) is 3. The van der Waals surface area contributed by atoms with Crippen molar-refractivity contribution in [1.29, 1.82) is 5.26 Å². The number of primary amides is 1. The first-order valence-corrected chi connectivity index (χ1v) is 10.3. The molecule has 0 saturated carbocycles. The van der Waals surface area contributed by atoms with Crippen molar-refractivity contribution in [2.75, 3.05) is 6.54 Å². The molecule has 0 unspecified atom stereocenters. The first-order valence-electron chi connectivity index (χ1n) is 10.3. The second kappa shape index (κ2) is 9.45. The van der Waals surface area contributed by atoms with Crippen LogP contribution in [0.1, 0.15) is 31.9 Å². The highest BCUT2D eigenvalue weighted by Crippen LogP contribution is 2.40. The number of fused-ring (bicyclic) bond motifs is 1. The molecule has 168 valence electrons. The Labute approximate surface area is 184 Å². The third kappa shape index (κ3) is 4.94. The first kappa shape index (κ1) is 23.4. The lowest BCUT2D eigenvalue weighted by Crippen LogP contribution is -2.51. The summed E-state index contributed by atoms with van der Waals surface area (Å²) < 4.78 is 42.7. The Kier molecular flexibility index (Phi) is 6.90. The Bertz CT molecular complexity index is 1110. The third-order valence-electron chi connectivity index (χ3n) is 5.45. The number of benzene rings is 2. The van der Waals surface area contributed by atoms with Gasteiger partial charge in [-0.3, -0.25) is 9.69 Å². The van der Waals surface area contributed by atoms with Crippen molar-refractivity contribution in [1.82, 2.24) is 9.88 Å². The number of nitrogens with two attached hydrogens (primary N) is 1. The number of carbonyl (C=O) groups is 1. The molecule has 1 heterocycles. The first-order chi connectivity index (χ1) is 15.1. The van der Waals surface area contributed by atoms with Crippen LogP contribution >= 0.6 is 0 Å².